The number of hydrogen-bond donors (Lipinski definition) is 0. The van der Waals surface area contributed by atoms with E-state index in [1.54, 1.807) is 36.4 Å². The molecule has 0 aromatic heterocycles. The first-order valence-electron chi connectivity index (χ1n) is 7.69. The van der Waals surface area contributed by atoms with E-state index in [1.807, 2.05) is 12.1 Å². The van der Waals surface area contributed by atoms with Gasteiger partial charge in [0.1, 0.15) is 11.4 Å². The van der Waals surface area contributed by atoms with Gasteiger partial charge >= 0.3 is 5.97 Å². The van der Waals surface area contributed by atoms with E-state index >= 15 is 0 Å². The first-order valence-corrected chi connectivity index (χ1v) is 7.69. The first-order chi connectivity index (χ1) is 10.6. The van der Waals surface area contributed by atoms with Gasteiger partial charge in [-0.25, -0.2) is 9.18 Å². The molecule has 2 nitrogen and oxygen atoms in total. The SMILES string of the molecule is CC(C)(C)c1ccc(C(=O)Oc2ccc(C(C)(C)F)cc2)cc1. The van der Waals surface area contributed by atoms with Crippen molar-refractivity contribution in [3.63, 3.8) is 0 Å². The van der Waals surface area contributed by atoms with Crippen molar-refractivity contribution in [2.75, 3.05) is 0 Å². The molecule has 2 rings (SSSR count). The van der Waals surface area contributed by atoms with Gasteiger partial charge in [-0.15, -0.1) is 0 Å². The second-order valence-corrected chi connectivity index (χ2v) is 7.21. The van der Waals surface area contributed by atoms with Crippen LogP contribution >= 0.6 is 0 Å². The fraction of sp³-hybridized carbons (Fsp3) is 0.350. The third-order valence-corrected chi connectivity index (χ3v) is 3.74. The lowest BCUT2D eigenvalue weighted by Gasteiger charge is -2.19. The van der Waals surface area contributed by atoms with Crippen LogP contribution < -0.4 is 4.74 Å². The highest BCUT2D eigenvalue weighted by molar-refractivity contribution is 5.91. The number of hydrogen-bond acceptors (Lipinski definition) is 2. The van der Waals surface area contributed by atoms with Gasteiger partial charge in [0.15, 0.2) is 0 Å². The number of alkyl halides is 1. The molecule has 0 fully saturated rings. The van der Waals surface area contributed by atoms with Crippen LogP contribution in [0.25, 0.3) is 0 Å². The Morgan fingerprint density at radius 1 is 0.826 bits per heavy atom. The van der Waals surface area contributed by atoms with Crippen LogP contribution in [-0.4, -0.2) is 5.97 Å². The Morgan fingerprint density at radius 2 is 1.30 bits per heavy atom. The smallest absolute Gasteiger partial charge is 0.343 e. The van der Waals surface area contributed by atoms with Crippen LogP contribution in [0.4, 0.5) is 4.39 Å². The van der Waals surface area contributed by atoms with Gasteiger partial charge in [-0.3, -0.25) is 0 Å². The molecule has 0 aliphatic rings. The van der Waals surface area contributed by atoms with E-state index in [1.165, 1.54) is 13.8 Å². The van der Waals surface area contributed by atoms with Crippen LogP contribution in [0.15, 0.2) is 48.5 Å². The summed E-state index contributed by atoms with van der Waals surface area (Å²) in [5.74, 6) is -0.0133. The quantitative estimate of drug-likeness (QED) is 0.559. The number of ether oxygens (including phenoxy) is 1. The number of rotatable bonds is 3. The average molecular weight is 314 g/mol. The monoisotopic (exact) mass is 314 g/mol. The summed E-state index contributed by atoms with van der Waals surface area (Å²) in [6, 6.07) is 13.9. The maximum Gasteiger partial charge on any atom is 0.343 e. The minimum atomic E-state index is -1.41. The van der Waals surface area contributed by atoms with E-state index in [4.69, 9.17) is 4.74 Å². The minimum Gasteiger partial charge on any atom is -0.423 e. The second-order valence-electron chi connectivity index (χ2n) is 7.21. The Balaban J connectivity index is 2.10. The summed E-state index contributed by atoms with van der Waals surface area (Å²) in [6.07, 6.45) is 0. The van der Waals surface area contributed by atoms with E-state index in [0.29, 0.717) is 16.9 Å². The Morgan fingerprint density at radius 3 is 1.74 bits per heavy atom. The van der Waals surface area contributed by atoms with Crippen LogP contribution in [-0.2, 0) is 11.1 Å². The van der Waals surface area contributed by atoms with Gasteiger partial charge in [0.25, 0.3) is 0 Å². The van der Waals surface area contributed by atoms with Crippen molar-refractivity contribution < 1.29 is 13.9 Å². The third kappa shape index (κ3) is 4.41. The van der Waals surface area contributed by atoms with Gasteiger partial charge in [0, 0.05) is 0 Å². The summed E-state index contributed by atoms with van der Waals surface area (Å²) in [5, 5.41) is 0. The van der Waals surface area contributed by atoms with Gasteiger partial charge in [-0.05, 0) is 54.7 Å². The average Bonchev–Trinajstić information content (AvgIpc) is 2.46. The first kappa shape index (κ1) is 17.2. The molecular formula is C20H23FO2. The Labute approximate surface area is 137 Å². The van der Waals surface area contributed by atoms with Gasteiger partial charge in [0.05, 0.1) is 5.56 Å². The lowest BCUT2D eigenvalue weighted by molar-refractivity contribution is 0.0734. The molecule has 0 bridgehead atoms. The highest BCUT2D eigenvalue weighted by atomic mass is 19.1. The Hall–Kier alpha value is -2.16. The van der Waals surface area contributed by atoms with Crippen molar-refractivity contribution in [1.82, 2.24) is 0 Å². The number of benzene rings is 2. The number of carbonyl (C=O) groups is 1. The summed E-state index contributed by atoms with van der Waals surface area (Å²) in [5.41, 5.74) is 0.825. The van der Waals surface area contributed by atoms with Crippen molar-refractivity contribution in [2.45, 2.75) is 45.7 Å². The molecule has 0 aliphatic heterocycles. The lowest BCUT2D eigenvalue weighted by Crippen LogP contribution is -2.13. The van der Waals surface area contributed by atoms with Crippen molar-refractivity contribution in [3.8, 4) is 5.75 Å². The maximum atomic E-state index is 13.8. The minimum absolute atomic E-state index is 0.0391. The molecule has 122 valence electrons. The second kappa shape index (κ2) is 6.15. The van der Waals surface area contributed by atoms with Crippen molar-refractivity contribution >= 4 is 5.97 Å². The molecule has 0 amide bonds. The van der Waals surface area contributed by atoms with Crippen LogP contribution in [0.2, 0.25) is 0 Å². The zero-order chi connectivity index (χ0) is 17.3. The molecule has 0 N–H and O–H groups in total. The lowest BCUT2D eigenvalue weighted by atomic mass is 9.87. The summed E-state index contributed by atoms with van der Waals surface area (Å²) < 4.78 is 19.1. The molecule has 0 aliphatic carbocycles. The molecule has 0 saturated carbocycles. The number of esters is 1. The summed E-state index contributed by atoms with van der Waals surface area (Å²) in [6.45, 7) is 9.34. The van der Waals surface area contributed by atoms with Crippen LogP contribution in [0.1, 0.15) is 56.1 Å². The highest BCUT2D eigenvalue weighted by Crippen LogP contribution is 2.27. The van der Waals surface area contributed by atoms with Crippen molar-refractivity contribution in [2.24, 2.45) is 0 Å². The van der Waals surface area contributed by atoms with Crippen LogP contribution in [0.3, 0.4) is 0 Å². The maximum absolute atomic E-state index is 13.8. The van der Waals surface area contributed by atoms with Gasteiger partial charge in [0.2, 0.25) is 0 Å². The Bertz CT molecular complexity index is 672. The zero-order valence-corrected chi connectivity index (χ0v) is 14.3. The van der Waals surface area contributed by atoms with E-state index in [-0.39, 0.29) is 5.41 Å². The molecule has 0 saturated heterocycles. The third-order valence-electron chi connectivity index (χ3n) is 3.74. The molecule has 3 heteroatoms. The fourth-order valence-electron chi connectivity index (χ4n) is 2.19. The van der Waals surface area contributed by atoms with E-state index in [2.05, 4.69) is 20.8 Å². The molecule has 0 atom stereocenters. The standard InChI is InChI=1S/C20H23FO2/c1-19(2,3)15-8-6-14(7-9-15)18(22)23-17-12-10-16(11-13-17)20(4,5)21/h6-13H,1-5H3. The fourth-order valence-corrected chi connectivity index (χ4v) is 2.19. The molecule has 0 heterocycles. The van der Waals surface area contributed by atoms with E-state index in [9.17, 15) is 9.18 Å². The molecule has 2 aromatic rings. The molecule has 0 spiro atoms. The van der Waals surface area contributed by atoms with Gasteiger partial charge in [-0.1, -0.05) is 45.0 Å². The topological polar surface area (TPSA) is 26.3 Å². The van der Waals surface area contributed by atoms with Gasteiger partial charge in [-0.2, -0.15) is 0 Å². The number of halogens is 1. The largest absolute Gasteiger partial charge is 0.423 e. The Kier molecular flexibility index (Phi) is 4.60. The molecule has 2 aromatic carbocycles. The molecular weight excluding hydrogens is 291 g/mol. The summed E-state index contributed by atoms with van der Waals surface area (Å²) in [4.78, 5) is 12.2. The highest BCUT2D eigenvalue weighted by Gasteiger charge is 2.19. The zero-order valence-electron chi connectivity index (χ0n) is 14.3. The van der Waals surface area contributed by atoms with E-state index in [0.717, 1.165) is 5.56 Å². The molecule has 0 unspecified atom stereocenters. The predicted octanol–water partition coefficient (Wildman–Crippen LogP) is 5.41. The van der Waals surface area contributed by atoms with Crippen molar-refractivity contribution in [3.05, 3.63) is 65.2 Å². The van der Waals surface area contributed by atoms with E-state index < -0.39 is 11.6 Å². The molecule has 23 heavy (non-hydrogen) atoms. The molecule has 0 radical (unpaired) electrons. The van der Waals surface area contributed by atoms with Crippen LogP contribution in [0.5, 0.6) is 5.75 Å². The van der Waals surface area contributed by atoms with Crippen LogP contribution in [0, 0.1) is 0 Å². The normalized spacial score (nSPS) is 12.1. The van der Waals surface area contributed by atoms with Gasteiger partial charge < -0.3 is 4.74 Å². The van der Waals surface area contributed by atoms with Crippen molar-refractivity contribution in [1.29, 1.82) is 0 Å². The summed E-state index contributed by atoms with van der Waals surface area (Å²) in [7, 11) is 0. The predicted molar refractivity (Wildman–Crippen MR) is 90.7 cm³/mol. The number of carbonyl (C=O) groups excluding carboxylic acids is 1. The summed E-state index contributed by atoms with van der Waals surface area (Å²) >= 11 is 0.